The van der Waals surface area contributed by atoms with Crippen molar-refractivity contribution in [1.82, 2.24) is 4.98 Å². The monoisotopic (exact) mass is 359 g/mol. The molecule has 1 heterocycles. The summed E-state index contributed by atoms with van der Waals surface area (Å²) < 4.78 is 1.00. The third kappa shape index (κ3) is 2.99. The van der Waals surface area contributed by atoms with E-state index in [1.54, 1.807) is 18.0 Å². The SMILES string of the molecule is CSc1cccc(Nc2c(N)cnc3ccc(Br)cc23)c1. The van der Waals surface area contributed by atoms with Gasteiger partial charge in [0.25, 0.3) is 0 Å². The Morgan fingerprint density at radius 3 is 2.86 bits per heavy atom. The van der Waals surface area contributed by atoms with Gasteiger partial charge in [-0.1, -0.05) is 22.0 Å². The molecule has 0 saturated heterocycles. The van der Waals surface area contributed by atoms with Crippen LogP contribution in [0, 0.1) is 0 Å². The number of benzene rings is 2. The highest BCUT2D eigenvalue weighted by atomic mass is 79.9. The Morgan fingerprint density at radius 1 is 1.19 bits per heavy atom. The largest absolute Gasteiger partial charge is 0.396 e. The molecule has 3 rings (SSSR count). The number of pyridine rings is 1. The van der Waals surface area contributed by atoms with Gasteiger partial charge in [0.2, 0.25) is 0 Å². The molecule has 0 unspecified atom stereocenters. The lowest BCUT2D eigenvalue weighted by molar-refractivity contribution is 1.39. The van der Waals surface area contributed by atoms with Crippen LogP contribution in [0.2, 0.25) is 0 Å². The number of nitrogen functional groups attached to an aromatic ring is 1. The maximum atomic E-state index is 6.11. The van der Waals surface area contributed by atoms with Gasteiger partial charge < -0.3 is 11.1 Å². The molecule has 0 spiro atoms. The van der Waals surface area contributed by atoms with Crippen LogP contribution in [0.1, 0.15) is 0 Å². The number of nitrogens with two attached hydrogens (primary N) is 1. The van der Waals surface area contributed by atoms with E-state index in [-0.39, 0.29) is 0 Å². The predicted octanol–water partition coefficient (Wildman–Crippen LogP) is 5.05. The van der Waals surface area contributed by atoms with Crippen LogP contribution in [-0.2, 0) is 0 Å². The first kappa shape index (κ1) is 14.2. The minimum Gasteiger partial charge on any atom is -0.396 e. The van der Waals surface area contributed by atoms with E-state index in [9.17, 15) is 0 Å². The van der Waals surface area contributed by atoms with Gasteiger partial charge in [0.15, 0.2) is 0 Å². The molecule has 0 aliphatic rings. The summed E-state index contributed by atoms with van der Waals surface area (Å²) in [7, 11) is 0. The first-order valence-corrected chi connectivity index (χ1v) is 8.44. The number of hydrogen-bond acceptors (Lipinski definition) is 4. The van der Waals surface area contributed by atoms with Gasteiger partial charge in [-0.15, -0.1) is 11.8 Å². The summed E-state index contributed by atoms with van der Waals surface area (Å²) in [5, 5.41) is 4.42. The molecule has 0 aliphatic carbocycles. The summed E-state index contributed by atoms with van der Waals surface area (Å²) >= 11 is 5.21. The quantitative estimate of drug-likeness (QED) is 0.642. The minimum atomic E-state index is 0.634. The van der Waals surface area contributed by atoms with E-state index in [1.807, 2.05) is 30.3 Å². The average Bonchev–Trinajstić information content (AvgIpc) is 2.50. The summed E-state index contributed by atoms with van der Waals surface area (Å²) in [5.41, 5.74) is 9.56. The van der Waals surface area contributed by atoms with Gasteiger partial charge in [-0.25, -0.2) is 0 Å². The van der Waals surface area contributed by atoms with Crippen LogP contribution in [0.5, 0.6) is 0 Å². The van der Waals surface area contributed by atoms with Crippen LogP contribution in [0.3, 0.4) is 0 Å². The minimum absolute atomic E-state index is 0.634. The topological polar surface area (TPSA) is 50.9 Å². The molecule has 3 N–H and O–H groups in total. The molecule has 0 atom stereocenters. The van der Waals surface area contributed by atoms with Crippen LogP contribution < -0.4 is 11.1 Å². The van der Waals surface area contributed by atoms with Crippen LogP contribution in [0.15, 0.2) is 58.0 Å². The third-order valence-corrected chi connectivity index (χ3v) is 4.42. The first-order chi connectivity index (χ1) is 10.2. The smallest absolute Gasteiger partial charge is 0.0746 e. The summed E-state index contributed by atoms with van der Waals surface area (Å²) in [4.78, 5) is 5.57. The molecule has 0 fully saturated rings. The van der Waals surface area contributed by atoms with Crippen molar-refractivity contribution in [2.45, 2.75) is 4.90 Å². The number of nitrogens with one attached hydrogen (secondary N) is 1. The second-order valence-corrected chi connectivity index (χ2v) is 6.40. The van der Waals surface area contributed by atoms with E-state index in [0.29, 0.717) is 5.69 Å². The highest BCUT2D eigenvalue weighted by Gasteiger charge is 2.08. The van der Waals surface area contributed by atoms with Gasteiger partial charge in [-0.2, -0.15) is 0 Å². The number of thioether (sulfide) groups is 1. The first-order valence-electron chi connectivity index (χ1n) is 6.42. The van der Waals surface area contributed by atoms with E-state index in [4.69, 9.17) is 5.73 Å². The fraction of sp³-hybridized carbons (Fsp3) is 0.0625. The summed E-state index contributed by atoms with van der Waals surface area (Å²) in [6, 6.07) is 14.2. The molecule has 0 saturated carbocycles. The number of fused-ring (bicyclic) bond motifs is 1. The summed E-state index contributed by atoms with van der Waals surface area (Å²) in [6.07, 6.45) is 3.75. The highest BCUT2D eigenvalue weighted by molar-refractivity contribution is 9.10. The molecular weight excluding hydrogens is 346 g/mol. The van der Waals surface area contributed by atoms with Crippen molar-refractivity contribution in [3.05, 3.63) is 53.1 Å². The standard InChI is InChI=1S/C16H14BrN3S/c1-21-12-4-2-3-11(8-12)20-16-13-7-10(17)5-6-15(13)19-9-14(16)18/h2-9H,18H2,1H3,(H,19,20). The summed E-state index contributed by atoms with van der Waals surface area (Å²) in [5.74, 6) is 0. The highest BCUT2D eigenvalue weighted by Crippen LogP contribution is 2.33. The molecule has 0 bridgehead atoms. The molecule has 3 nitrogen and oxygen atoms in total. The Kier molecular flexibility index (Phi) is 4.03. The molecule has 1 aromatic heterocycles. The predicted molar refractivity (Wildman–Crippen MR) is 95.4 cm³/mol. The number of nitrogens with zero attached hydrogens (tertiary/aromatic N) is 1. The molecule has 21 heavy (non-hydrogen) atoms. The van der Waals surface area contributed by atoms with Crippen molar-refractivity contribution in [3.63, 3.8) is 0 Å². The van der Waals surface area contributed by atoms with Crippen LogP contribution in [0.25, 0.3) is 10.9 Å². The Morgan fingerprint density at radius 2 is 2.05 bits per heavy atom. The third-order valence-electron chi connectivity index (χ3n) is 3.20. The number of halogens is 1. The number of hydrogen-bond donors (Lipinski definition) is 2. The normalized spacial score (nSPS) is 10.8. The zero-order valence-electron chi connectivity index (χ0n) is 11.4. The Hall–Kier alpha value is -1.72. The van der Waals surface area contributed by atoms with Crippen molar-refractivity contribution in [1.29, 1.82) is 0 Å². The zero-order chi connectivity index (χ0) is 14.8. The molecule has 0 amide bonds. The van der Waals surface area contributed by atoms with Gasteiger partial charge in [0.05, 0.1) is 23.1 Å². The van der Waals surface area contributed by atoms with E-state index >= 15 is 0 Å². The maximum absolute atomic E-state index is 6.11. The molecule has 0 aliphatic heterocycles. The number of anilines is 3. The fourth-order valence-electron chi connectivity index (χ4n) is 2.16. The van der Waals surface area contributed by atoms with Gasteiger partial charge in [-0.3, -0.25) is 4.98 Å². The van der Waals surface area contributed by atoms with E-state index in [2.05, 4.69) is 44.6 Å². The molecule has 106 valence electrons. The second kappa shape index (κ2) is 5.95. The fourth-order valence-corrected chi connectivity index (χ4v) is 2.99. The summed E-state index contributed by atoms with van der Waals surface area (Å²) in [6.45, 7) is 0. The van der Waals surface area contributed by atoms with E-state index < -0.39 is 0 Å². The van der Waals surface area contributed by atoms with Gasteiger partial charge >= 0.3 is 0 Å². The van der Waals surface area contributed by atoms with E-state index in [0.717, 1.165) is 26.8 Å². The van der Waals surface area contributed by atoms with Crippen molar-refractivity contribution >= 4 is 55.7 Å². The average molecular weight is 360 g/mol. The van der Waals surface area contributed by atoms with Crippen LogP contribution in [-0.4, -0.2) is 11.2 Å². The van der Waals surface area contributed by atoms with Gasteiger partial charge in [-0.05, 0) is 42.7 Å². The molecule has 5 heteroatoms. The van der Waals surface area contributed by atoms with Crippen molar-refractivity contribution in [2.75, 3.05) is 17.3 Å². The van der Waals surface area contributed by atoms with Gasteiger partial charge in [0, 0.05) is 20.4 Å². The molecular formula is C16H14BrN3S. The maximum Gasteiger partial charge on any atom is 0.0746 e. The molecule has 0 radical (unpaired) electrons. The van der Waals surface area contributed by atoms with Crippen molar-refractivity contribution < 1.29 is 0 Å². The van der Waals surface area contributed by atoms with Crippen molar-refractivity contribution in [2.24, 2.45) is 0 Å². The number of aromatic nitrogens is 1. The lowest BCUT2D eigenvalue weighted by atomic mass is 10.1. The van der Waals surface area contributed by atoms with E-state index in [1.165, 1.54) is 4.90 Å². The number of rotatable bonds is 3. The van der Waals surface area contributed by atoms with Crippen LogP contribution >= 0.6 is 27.7 Å². The molecule has 3 aromatic rings. The molecule has 2 aromatic carbocycles. The van der Waals surface area contributed by atoms with Gasteiger partial charge in [0.1, 0.15) is 0 Å². The lowest BCUT2D eigenvalue weighted by Crippen LogP contribution is -1.99. The Bertz CT molecular complexity index is 799. The Labute approximate surface area is 136 Å². The van der Waals surface area contributed by atoms with Crippen molar-refractivity contribution in [3.8, 4) is 0 Å². The lowest BCUT2D eigenvalue weighted by Gasteiger charge is -2.13. The Balaban J connectivity index is 2.10. The zero-order valence-corrected chi connectivity index (χ0v) is 13.8. The second-order valence-electron chi connectivity index (χ2n) is 4.61. The van der Waals surface area contributed by atoms with Crippen LogP contribution in [0.4, 0.5) is 17.1 Å².